The average Bonchev–Trinajstić information content (AvgIpc) is 3.13. The van der Waals surface area contributed by atoms with Crippen LogP contribution in [-0.2, 0) is 16.1 Å². The Morgan fingerprint density at radius 2 is 1.79 bits per heavy atom. The van der Waals surface area contributed by atoms with Crippen molar-refractivity contribution in [2.45, 2.75) is 19.4 Å². The molecule has 0 spiro atoms. The molecule has 0 aromatic heterocycles. The molecular formula is C24H32N2O3. The number of para-hydroxylation sites is 1. The van der Waals surface area contributed by atoms with Gasteiger partial charge in [-0.3, -0.25) is 9.69 Å². The first-order valence-electron chi connectivity index (χ1n) is 10.3. The van der Waals surface area contributed by atoms with Gasteiger partial charge in [-0.1, -0.05) is 48.5 Å². The van der Waals surface area contributed by atoms with Crippen molar-refractivity contribution in [3.05, 3.63) is 65.7 Å². The first-order valence-corrected chi connectivity index (χ1v) is 10.3. The standard InChI is InChI=1S/C24H32N2O3/c1-19(27)26(13-14-28-2)17-21-16-25(15-20-9-5-4-6-10-20)18-23(21)22-11-7-8-12-24(22)29-3/h4-12,21,23H,13-18H2,1-3H3. The van der Waals surface area contributed by atoms with E-state index in [-0.39, 0.29) is 5.91 Å². The lowest BCUT2D eigenvalue weighted by atomic mass is 9.88. The molecule has 1 saturated heterocycles. The van der Waals surface area contributed by atoms with E-state index in [9.17, 15) is 4.79 Å². The summed E-state index contributed by atoms with van der Waals surface area (Å²) in [7, 11) is 3.40. The molecule has 3 rings (SSSR count). The van der Waals surface area contributed by atoms with Crippen molar-refractivity contribution in [2.75, 3.05) is 47.0 Å². The maximum atomic E-state index is 12.2. The summed E-state index contributed by atoms with van der Waals surface area (Å²) in [5.41, 5.74) is 2.54. The summed E-state index contributed by atoms with van der Waals surface area (Å²) in [5, 5.41) is 0. The Morgan fingerprint density at radius 1 is 1.07 bits per heavy atom. The van der Waals surface area contributed by atoms with E-state index < -0.39 is 0 Å². The van der Waals surface area contributed by atoms with E-state index >= 15 is 0 Å². The minimum atomic E-state index is 0.0994. The summed E-state index contributed by atoms with van der Waals surface area (Å²) < 4.78 is 10.9. The summed E-state index contributed by atoms with van der Waals surface area (Å²) in [6.07, 6.45) is 0. The fourth-order valence-corrected chi connectivity index (χ4v) is 4.30. The zero-order valence-corrected chi connectivity index (χ0v) is 17.7. The first-order chi connectivity index (χ1) is 14.1. The highest BCUT2D eigenvalue weighted by atomic mass is 16.5. The van der Waals surface area contributed by atoms with E-state index in [4.69, 9.17) is 9.47 Å². The summed E-state index contributed by atoms with van der Waals surface area (Å²) in [6, 6.07) is 18.8. The first kappa shape index (κ1) is 21.3. The molecule has 5 nitrogen and oxygen atoms in total. The zero-order chi connectivity index (χ0) is 20.6. The fourth-order valence-electron chi connectivity index (χ4n) is 4.30. The van der Waals surface area contributed by atoms with Crippen molar-refractivity contribution >= 4 is 5.91 Å². The highest BCUT2D eigenvalue weighted by Crippen LogP contribution is 2.38. The van der Waals surface area contributed by atoms with Gasteiger partial charge in [0.25, 0.3) is 0 Å². The van der Waals surface area contributed by atoms with Crippen LogP contribution in [0.4, 0.5) is 0 Å². The second-order valence-corrected chi connectivity index (χ2v) is 7.75. The van der Waals surface area contributed by atoms with E-state index in [2.05, 4.69) is 47.4 Å². The number of methoxy groups -OCH3 is 2. The van der Waals surface area contributed by atoms with Crippen molar-refractivity contribution in [3.63, 3.8) is 0 Å². The molecule has 29 heavy (non-hydrogen) atoms. The number of amides is 1. The van der Waals surface area contributed by atoms with Gasteiger partial charge < -0.3 is 14.4 Å². The third-order valence-corrected chi connectivity index (χ3v) is 5.77. The van der Waals surface area contributed by atoms with E-state index in [1.807, 2.05) is 17.0 Å². The van der Waals surface area contributed by atoms with Crippen molar-refractivity contribution in [3.8, 4) is 5.75 Å². The second kappa shape index (κ2) is 10.4. The highest BCUT2D eigenvalue weighted by Gasteiger charge is 2.36. The van der Waals surface area contributed by atoms with E-state index in [1.165, 1.54) is 11.1 Å². The Kier molecular flexibility index (Phi) is 7.67. The van der Waals surface area contributed by atoms with Crippen molar-refractivity contribution in [1.82, 2.24) is 9.80 Å². The van der Waals surface area contributed by atoms with Gasteiger partial charge in [0.1, 0.15) is 5.75 Å². The van der Waals surface area contributed by atoms with Crippen LogP contribution in [0.1, 0.15) is 24.0 Å². The van der Waals surface area contributed by atoms with Gasteiger partial charge in [0.15, 0.2) is 0 Å². The van der Waals surface area contributed by atoms with Gasteiger partial charge >= 0.3 is 0 Å². The van der Waals surface area contributed by atoms with Crippen molar-refractivity contribution < 1.29 is 14.3 Å². The molecule has 0 aliphatic carbocycles. The molecular weight excluding hydrogens is 364 g/mol. The van der Waals surface area contributed by atoms with Crippen LogP contribution >= 0.6 is 0 Å². The smallest absolute Gasteiger partial charge is 0.219 e. The van der Waals surface area contributed by atoms with E-state index in [1.54, 1.807) is 21.1 Å². The lowest BCUT2D eigenvalue weighted by Crippen LogP contribution is -2.38. The predicted molar refractivity (Wildman–Crippen MR) is 115 cm³/mol. The van der Waals surface area contributed by atoms with E-state index in [0.29, 0.717) is 25.0 Å². The number of benzene rings is 2. The Balaban J connectivity index is 1.82. The molecule has 0 saturated carbocycles. The second-order valence-electron chi connectivity index (χ2n) is 7.75. The number of carbonyl (C=O) groups is 1. The zero-order valence-electron chi connectivity index (χ0n) is 17.7. The van der Waals surface area contributed by atoms with Crippen LogP contribution in [0.3, 0.4) is 0 Å². The number of nitrogens with zero attached hydrogens (tertiary/aromatic N) is 2. The van der Waals surface area contributed by atoms with E-state index in [0.717, 1.165) is 31.9 Å². The Hall–Kier alpha value is -2.37. The Bertz CT molecular complexity index is 781. The quantitative estimate of drug-likeness (QED) is 0.651. The summed E-state index contributed by atoms with van der Waals surface area (Å²) in [5.74, 6) is 1.69. The minimum absolute atomic E-state index is 0.0994. The number of hydrogen-bond donors (Lipinski definition) is 0. The van der Waals surface area contributed by atoms with Gasteiger partial charge in [-0.25, -0.2) is 0 Å². The van der Waals surface area contributed by atoms with Crippen LogP contribution in [0.2, 0.25) is 0 Å². The van der Waals surface area contributed by atoms with Crippen molar-refractivity contribution in [1.29, 1.82) is 0 Å². The maximum absolute atomic E-state index is 12.2. The highest BCUT2D eigenvalue weighted by molar-refractivity contribution is 5.73. The van der Waals surface area contributed by atoms with Gasteiger partial charge in [0.05, 0.1) is 13.7 Å². The number of ether oxygens (including phenoxy) is 2. The molecule has 156 valence electrons. The molecule has 1 amide bonds. The van der Waals surface area contributed by atoms with Crippen LogP contribution in [0, 0.1) is 5.92 Å². The molecule has 2 aromatic carbocycles. The van der Waals surface area contributed by atoms with Crippen LogP contribution in [-0.4, -0.2) is 62.7 Å². The average molecular weight is 397 g/mol. The molecule has 0 bridgehead atoms. The molecule has 2 atom stereocenters. The molecule has 0 N–H and O–H groups in total. The topological polar surface area (TPSA) is 42.0 Å². The molecule has 2 unspecified atom stereocenters. The molecule has 5 heteroatoms. The van der Waals surface area contributed by atoms with Crippen molar-refractivity contribution in [2.24, 2.45) is 5.92 Å². The van der Waals surface area contributed by atoms with Gasteiger partial charge in [0.2, 0.25) is 5.91 Å². The molecule has 1 aliphatic heterocycles. The third kappa shape index (κ3) is 5.58. The monoisotopic (exact) mass is 396 g/mol. The van der Waals surface area contributed by atoms with Gasteiger partial charge in [0, 0.05) is 52.7 Å². The van der Waals surface area contributed by atoms with Gasteiger partial charge in [-0.05, 0) is 23.1 Å². The predicted octanol–water partition coefficient (Wildman–Crippen LogP) is 3.41. The van der Waals surface area contributed by atoms with Crippen LogP contribution in [0.25, 0.3) is 0 Å². The normalized spacial score (nSPS) is 19.3. The Morgan fingerprint density at radius 3 is 2.48 bits per heavy atom. The summed E-state index contributed by atoms with van der Waals surface area (Å²) >= 11 is 0. The number of rotatable bonds is 9. The summed E-state index contributed by atoms with van der Waals surface area (Å²) in [4.78, 5) is 16.6. The molecule has 1 aliphatic rings. The van der Waals surface area contributed by atoms with Gasteiger partial charge in [-0.15, -0.1) is 0 Å². The Labute approximate surface area is 174 Å². The van der Waals surface area contributed by atoms with Crippen LogP contribution in [0.5, 0.6) is 5.75 Å². The maximum Gasteiger partial charge on any atom is 0.219 e. The fraction of sp³-hybridized carbons (Fsp3) is 0.458. The SMILES string of the molecule is COCCN(CC1CN(Cc2ccccc2)CC1c1ccccc1OC)C(C)=O. The molecule has 1 heterocycles. The molecule has 2 aromatic rings. The lowest BCUT2D eigenvalue weighted by molar-refractivity contribution is -0.130. The number of carbonyl (C=O) groups excluding carboxylic acids is 1. The summed E-state index contributed by atoms with van der Waals surface area (Å²) in [6.45, 7) is 6.38. The number of likely N-dealkylation sites (tertiary alicyclic amines) is 1. The van der Waals surface area contributed by atoms with Gasteiger partial charge in [-0.2, -0.15) is 0 Å². The third-order valence-electron chi connectivity index (χ3n) is 5.77. The molecule has 1 fully saturated rings. The lowest BCUT2D eigenvalue weighted by Gasteiger charge is -2.28. The largest absolute Gasteiger partial charge is 0.496 e. The number of hydrogen-bond acceptors (Lipinski definition) is 4. The minimum Gasteiger partial charge on any atom is -0.496 e. The van der Waals surface area contributed by atoms with Crippen LogP contribution < -0.4 is 4.74 Å². The van der Waals surface area contributed by atoms with Crippen LogP contribution in [0.15, 0.2) is 54.6 Å². The molecule has 0 radical (unpaired) electrons.